The minimum absolute atomic E-state index is 0.0312. The molecule has 1 atom stereocenters. The van der Waals surface area contributed by atoms with Crippen molar-refractivity contribution < 1.29 is 0 Å². The lowest BCUT2D eigenvalue weighted by molar-refractivity contribution is 0.534. The second-order valence-electron chi connectivity index (χ2n) is 5.91. The molecule has 0 amide bonds. The molecule has 0 saturated carbocycles. The van der Waals surface area contributed by atoms with Gasteiger partial charge >= 0.3 is 0 Å². The van der Waals surface area contributed by atoms with Gasteiger partial charge in [0.1, 0.15) is 6.07 Å². The molecule has 0 heterocycles. The van der Waals surface area contributed by atoms with Crippen molar-refractivity contribution in [2.45, 2.75) is 5.92 Å². The number of hydrogen-bond acceptors (Lipinski definition) is 4. The summed E-state index contributed by atoms with van der Waals surface area (Å²) < 4.78 is 0. The lowest BCUT2D eigenvalue weighted by Gasteiger charge is -2.33. The number of allylic oxidation sites excluding steroid dienone is 4. The Labute approximate surface area is 156 Å². The summed E-state index contributed by atoms with van der Waals surface area (Å²) in [7, 11) is 0. The summed E-state index contributed by atoms with van der Waals surface area (Å²) in [6.45, 7) is 0. The first-order chi connectivity index (χ1) is 12.6. The quantitative estimate of drug-likeness (QED) is 0.867. The van der Waals surface area contributed by atoms with Crippen LogP contribution < -0.4 is 5.73 Å². The molecule has 2 aromatic rings. The molecule has 4 nitrogen and oxygen atoms in total. The van der Waals surface area contributed by atoms with Crippen LogP contribution >= 0.6 is 11.6 Å². The third-order valence-corrected chi connectivity index (χ3v) is 4.76. The topological polar surface area (TPSA) is 97.4 Å². The number of nitrogens with two attached hydrogens (primary N) is 1. The lowest BCUT2D eigenvalue weighted by Crippen LogP contribution is -2.35. The van der Waals surface area contributed by atoms with Crippen LogP contribution in [-0.4, -0.2) is 0 Å². The van der Waals surface area contributed by atoms with E-state index in [0.29, 0.717) is 16.2 Å². The van der Waals surface area contributed by atoms with Gasteiger partial charge in [-0.05, 0) is 28.8 Å². The van der Waals surface area contributed by atoms with Crippen molar-refractivity contribution in [2.75, 3.05) is 0 Å². The molecule has 0 radical (unpaired) electrons. The van der Waals surface area contributed by atoms with Gasteiger partial charge in [-0.2, -0.15) is 15.8 Å². The number of nitrogens with zero attached hydrogens (tertiary/aromatic N) is 3. The summed E-state index contributed by atoms with van der Waals surface area (Å²) >= 11 is 6.11. The smallest absolute Gasteiger partial charge is 0.194 e. The van der Waals surface area contributed by atoms with Crippen LogP contribution in [0.15, 0.2) is 71.9 Å². The highest BCUT2D eigenvalue weighted by Crippen LogP contribution is 2.49. The minimum Gasteiger partial charge on any atom is -0.399 e. The Kier molecular flexibility index (Phi) is 4.51. The number of benzene rings is 2. The summed E-state index contributed by atoms with van der Waals surface area (Å²) in [6.07, 6.45) is 1.77. The zero-order chi connectivity index (χ0) is 18.7. The van der Waals surface area contributed by atoms with Crippen molar-refractivity contribution in [1.29, 1.82) is 15.8 Å². The van der Waals surface area contributed by atoms with E-state index in [-0.39, 0.29) is 11.3 Å². The molecule has 1 aliphatic carbocycles. The summed E-state index contributed by atoms with van der Waals surface area (Å²) in [5, 5.41) is 29.8. The standard InChI is InChI=1S/C21H13ClN4/c22-16-8-4-7-15(9-16)19-10-17(14-5-2-1-3-6-14)18(11-23)20(26)21(19,12-24)13-25/h1-10,19H,26H2. The van der Waals surface area contributed by atoms with Crippen LogP contribution in [0.1, 0.15) is 17.0 Å². The number of halogens is 1. The fourth-order valence-electron chi connectivity index (χ4n) is 3.19. The average molecular weight is 357 g/mol. The highest BCUT2D eigenvalue weighted by molar-refractivity contribution is 6.30. The third-order valence-electron chi connectivity index (χ3n) is 4.52. The second kappa shape index (κ2) is 6.77. The van der Waals surface area contributed by atoms with Crippen LogP contribution in [-0.2, 0) is 0 Å². The summed E-state index contributed by atoms with van der Waals surface area (Å²) in [5.74, 6) is -0.650. The normalized spacial score (nSPS) is 18.2. The first kappa shape index (κ1) is 17.3. The molecule has 1 aliphatic rings. The molecule has 0 aliphatic heterocycles. The first-order valence-corrected chi connectivity index (χ1v) is 8.21. The zero-order valence-corrected chi connectivity index (χ0v) is 14.4. The summed E-state index contributed by atoms with van der Waals surface area (Å²) in [5.41, 5.74) is 6.76. The molecule has 2 aromatic carbocycles. The van der Waals surface area contributed by atoms with E-state index in [2.05, 4.69) is 6.07 Å². The van der Waals surface area contributed by atoms with Crippen LogP contribution in [0.25, 0.3) is 5.57 Å². The van der Waals surface area contributed by atoms with Gasteiger partial charge in [-0.25, -0.2) is 0 Å². The van der Waals surface area contributed by atoms with Crippen LogP contribution in [0.3, 0.4) is 0 Å². The van der Waals surface area contributed by atoms with Gasteiger partial charge in [-0.3, -0.25) is 0 Å². The molecule has 2 N–H and O–H groups in total. The van der Waals surface area contributed by atoms with Gasteiger partial charge in [-0.15, -0.1) is 0 Å². The van der Waals surface area contributed by atoms with E-state index in [1.807, 2.05) is 42.5 Å². The predicted octanol–water partition coefficient (Wildman–Crippen LogP) is 4.29. The molecule has 3 rings (SSSR count). The Balaban J connectivity index is 2.32. The molecule has 124 valence electrons. The minimum atomic E-state index is -1.67. The van der Waals surface area contributed by atoms with Gasteiger partial charge in [0.25, 0.3) is 0 Å². The maximum absolute atomic E-state index is 9.82. The molecular weight excluding hydrogens is 344 g/mol. The SMILES string of the molecule is N#CC1=C(N)C(C#N)(C#N)C(c2cccc(Cl)c2)C=C1c1ccccc1. The van der Waals surface area contributed by atoms with E-state index < -0.39 is 11.3 Å². The zero-order valence-electron chi connectivity index (χ0n) is 13.6. The summed E-state index contributed by atoms with van der Waals surface area (Å²) in [4.78, 5) is 0. The van der Waals surface area contributed by atoms with Crippen LogP contribution in [0, 0.1) is 39.4 Å². The Bertz CT molecular complexity index is 1030. The Morgan fingerprint density at radius 3 is 2.23 bits per heavy atom. The maximum atomic E-state index is 9.82. The average Bonchev–Trinajstić information content (AvgIpc) is 2.68. The highest BCUT2D eigenvalue weighted by atomic mass is 35.5. The van der Waals surface area contributed by atoms with E-state index in [9.17, 15) is 15.8 Å². The summed E-state index contributed by atoms with van der Waals surface area (Å²) in [6, 6.07) is 22.4. The Hall–Kier alpha value is -3.52. The van der Waals surface area contributed by atoms with Gasteiger partial charge in [0.15, 0.2) is 5.41 Å². The maximum Gasteiger partial charge on any atom is 0.194 e. The van der Waals surface area contributed by atoms with Gasteiger partial charge in [0.2, 0.25) is 0 Å². The van der Waals surface area contributed by atoms with Crippen molar-refractivity contribution in [2.24, 2.45) is 11.1 Å². The van der Waals surface area contributed by atoms with Crippen molar-refractivity contribution in [3.8, 4) is 18.2 Å². The van der Waals surface area contributed by atoms with E-state index >= 15 is 0 Å². The molecule has 1 unspecified atom stereocenters. The van der Waals surface area contributed by atoms with Gasteiger partial charge in [-0.1, -0.05) is 60.1 Å². The van der Waals surface area contributed by atoms with Crippen molar-refractivity contribution >= 4 is 17.2 Å². The fourth-order valence-corrected chi connectivity index (χ4v) is 3.39. The number of rotatable bonds is 2. The molecule has 0 aromatic heterocycles. The molecule has 0 bridgehead atoms. The first-order valence-electron chi connectivity index (χ1n) is 7.83. The van der Waals surface area contributed by atoms with Crippen LogP contribution in [0.4, 0.5) is 0 Å². The van der Waals surface area contributed by atoms with E-state index in [0.717, 1.165) is 5.56 Å². The Morgan fingerprint density at radius 1 is 0.962 bits per heavy atom. The van der Waals surface area contributed by atoms with E-state index in [4.69, 9.17) is 17.3 Å². The van der Waals surface area contributed by atoms with Crippen LogP contribution in [0.2, 0.25) is 5.02 Å². The van der Waals surface area contributed by atoms with Gasteiger partial charge in [0, 0.05) is 10.9 Å². The molecule has 0 fully saturated rings. The molecule has 0 saturated heterocycles. The van der Waals surface area contributed by atoms with Crippen LogP contribution in [0.5, 0.6) is 0 Å². The monoisotopic (exact) mass is 356 g/mol. The fraction of sp³-hybridized carbons (Fsp3) is 0.0952. The predicted molar refractivity (Wildman–Crippen MR) is 99.1 cm³/mol. The Morgan fingerprint density at radius 2 is 1.65 bits per heavy atom. The molecule has 26 heavy (non-hydrogen) atoms. The molecular formula is C21H13ClN4. The van der Waals surface area contributed by atoms with Crippen molar-refractivity contribution in [3.05, 3.63) is 88.1 Å². The highest BCUT2D eigenvalue weighted by Gasteiger charge is 2.47. The third kappa shape index (κ3) is 2.62. The number of hydrogen-bond donors (Lipinski definition) is 1. The number of nitriles is 3. The van der Waals surface area contributed by atoms with Crippen molar-refractivity contribution in [1.82, 2.24) is 0 Å². The van der Waals surface area contributed by atoms with Gasteiger partial charge < -0.3 is 5.73 Å². The lowest BCUT2D eigenvalue weighted by atomic mass is 9.65. The van der Waals surface area contributed by atoms with E-state index in [1.54, 1.807) is 30.3 Å². The second-order valence-corrected chi connectivity index (χ2v) is 6.35. The molecule has 5 heteroatoms. The molecule has 0 spiro atoms. The van der Waals surface area contributed by atoms with E-state index in [1.165, 1.54) is 0 Å². The van der Waals surface area contributed by atoms with Crippen molar-refractivity contribution in [3.63, 3.8) is 0 Å². The largest absolute Gasteiger partial charge is 0.399 e. The van der Waals surface area contributed by atoms with Gasteiger partial charge in [0.05, 0.1) is 23.4 Å².